The Kier molecular flexibility index (Phi) is 7.58. The van der Waals surface area contributed by atoms with E-state index in [1.807, 2.05) is 13.8 Å². The number of nitriles is 1. The predicted octanol–water partition coefficient (Wildman–Crippen LogP) is 1.74. The lowest BCUT2D eigenvalue weighted by Gasteiger charge is -2.27. The maximum Gasteiger partial charge on any atom is 0.231 e. The molecule has 1 amide bonds. The van der Waals surface area contributed by atoms with E-state index in [4.69, 9.17) is 4.74 Å². The number of anilines is 1. The minimum absolute atomic E-state index is 0.0320. The maximum atomic E-state index is 12.0. The van der Waals surface area contributed by atoms with Crippen molar-refractivity contribution in [1.29, 1.82) is 5.26 Å². The molecule has 0 aromatic carbocycles. The second-order valence-corrected chi connectivity index (χ2v) is 7.30. The van der Waals surface area contributed by atoms with Gasteiger partial charge in [0, 0.05) is 13.7 Å². The molecule has 9 heteroatoms. The van der Waals surface area contributed by atoms with Crippen molar-refractivity contribution < 1.29 is 9.53 Å². The van der Waals surface area contributed by atoms with Gasteiger partial charge in [-0.1, -0.05) is 36.9 Å². The van der Waals surface area contributed by atoms with Crippen molar-refractivity contribution in [2.24, 2.45) is 5.92 Å². The molecule has 22 heavy (non-hydrogen) atoms. The number of hydrogen-bond acceptors (Lipinski definition) is 8. The monoisotopic (exact) mass is 343 g/mol. The molecule has 0 spiro atoms. The summed E-state index contributed by atoms with van der Waals surface area (Å²) >= 11 is 2.69. The van der Waals surface area contributed by atoms with Gasteiger partial charge in [-0.2, -0.15) is 5.26 Å². The van der Waals surface area contributed by atoms with Crippen LogP contribution >= 0.6 is 23.1 Å². The first-order valence-corrected chi connectivity index (χ1v) is 8.63. The van der Waals surface area contributed by atoms with Gasteiger partial charge in [0.25, 0.3) is 0 Å². The fourth-order valence-electron chi connectivity index (χ4n) is 1.35. The number of carbonyl (C=O) groups is 1. The van der Waals surface area contributed by atoms with Crippen LogP contribution in [0.25, 0.3) is 0 Å². The van der Waals surface area contributed by atoms with Crippen molar-refractivity contribution in [2.45, 2.75) is 30.6 Å². The molecular formula is C13H21N5O2S2. The predicted molar refractivity (Wildman–Crippen MR) is 88.0 cm³/mol. The Morgan fingerprint density at radius 3 is 2.86 bits per heavy atom. The molecule has 7 nitrogen and oxygen atoms in total. The summed E-state index contributed by atoms with van der Waals surface area (Å²) in [5.74, 6) is 0.0490. The SMILES string of the molecule is COCCNc1nnc(SCC(=O)N[C@](C)(C#N)C(C)C)s1. The highest BCUT2D eigenvalue weighted by molar-refractivity contribution is 8.01. The first kappa shape index (κ1) is 18.7. The molecule has 2 N–H and O–H groups in total. The Labute approximate surface area is 138 Å². The summed E-state index contributed by atoms with van der Waals surface area (Å²) in [6.45, 7) is 6.78. The molecule has 0 saturated heterocycles. The number of nitrogens with zero attached hydrogens (tertiary/aromatic N) is 3. The Morgan fingerprint density at radius 1 is 1.55 bits per heavy atom. The number of nitrogens with one attached hydrogen (secondary N) is 2. The van der Waals surface area contributed by atoms with Gasteiger partial charge >= 0.3 is 0 Å². The van der Waals surface area contributed by atoms with Crippen LogP contribution < -0.4 is 10.6 Å². The van der Waals surface area contributed by atoms with Crippen LogP contribution in [0.1, 0.15) is 20.8 Å². The zero-order chi connectivity index (χ0) is 16.6. The zero-order valence-electron chi connectivity index (χ0n) is 13.2. The van der Waals surface area contributed by atoms with E-state index in [0.29, 0.717) is 22.6 Å². The second-order valence-electron chi connectivity index (χ2n) is 5.10. The summed E-state index contributed by atoms with van der Waals surface area (Å²) in [4.78, 5) is 12.0. The third kappa shape index (κ3) is 5.79. The number of hydrogen-bond donors (Lipinski definition) is 2. The van der Waals surface area contributed by atoms with Gasteiger partial charge in [0.05, 0.1) is 18.4 Å². The molecule has 0 fully saturated rings. The van der Waals surface area contributed by atoms with Gasteiger partial charge < -0.3 is 15.4 Å². The minimum atomic E-state index is -0.856. The van der Waals surface area contributed by atoms with Crippen molar-refractivity contribution in [3.8, 4) is 6.07 Å². The number of amides is 1. The maximum absolute atomic E-state index is 12.0. The van der Waals surface area contributed by atoms with E-state index in [1.54, 1.807) is 14.0 Å². The average Bonchev–Trinajstić information content (AvgIpc) is 2.93. The highest BCUT2D eigenvalue weighted by atomic mass is 32.2. The van der Waals surface area contributed by atoms with Crippen LogP contribution in [0, 0.1) is 17.2 Å². The third-order valence-electron chi connectivity index (χ3n) is 3.10. The third-order valence-corrected chi connectivity index (χ3v) is 5.12. The van der Waals surface area contributed by atoms with Crippen LogP contribution in [0.5, 0.6) is 0 Å². The quantitative estimate of drug-likeness (QED) is 0.520. The van der Waals surface area contributed by atoms with Crippen LogP contribution in [0.2, 0.25) is 0 Å². The lowest BCUT2D eigenvalue weighted by Crippen LogP contribution is -2.49. The lowest BCUT2D eigenvalue weighted by atomic mass is 9.90. The molecule has 0 unspecified atom stereocenters. The molecule has 0 bridgehead atoms. The normalized spacial score (nSPS) is 13.5. The Hall–Kier alpha value is -1.37. The average molecular weight is 343 g/mol. The topological polar surface area (TPSA) is 99.9 Å². The van der Waals surface area contributed by atoms with Gasteiger partial charge in [0.1, 0.15) is 5.54 Å². The molecule has 0 radical (unpaired) electrons. The van der Waals surface area contributed by atoms with E-state index in [1.165, 1.54) is 23.1 Å². The number of carbonyl (C=O) groups excluding carboxylic acids is 1. The highest BCUT2D eigenvalue weighted by Crippen LogP contribution is 2.25. The largest absolute Gasteiger partial charge is 0.383 e. The summed E-state index contributed by atoms with van der Waals surface area (Å²) in [5, 5.41) is 23.7. The number of rotatable bonds is 9. The summed E-state index contributed by atoms with van der Waals surface area (Å²) in [5.41, 5.74) is -0.856. The van der Waals surface area contributed by atoms with Gasteiger partial charge in [0.15, 0.2) is 4.34 Å². The first-order chi connectivity index (χ1) is 10.4. The second kappa shape index (κ2) is 8.92. The van der Waals surface area contributed by atoms with E-state index in [0.717, 1.165) is 0 Å². The first-order valence-electron chi connectivity index (χ1n) is 6.82. The van der Waals surface area contributed by atoms with Crippen LogP contribution in [-0.2, 0) is 9.53 Å². The van der Waals surface area contributed by atoms with Crippen molar-refractivity contribution in [2.75, 3.05) is 31.3 Å². The fraction of sp³-hybridized carbons (Fsp3) is 0.692. The zero-order valence-corrected chi connectivity index (χ0v) is 14.8. The van der Waals surface area contributed by atoms with Gasteiger partial charge in [-0.25, -0.2) is 0 Å². The molecule has 122 valence electrons. The van der Waals surface area contributed by atoms with E-state index in [9.17, 15) is 10.1 Å². The van der Waals surface area contributed by atoms with Crippen LogP contribution in [0.15, 0.2) is 4.34 Å². The number of aromatic nitrogens is 2. The van der Waals surface area contributed by atoms with Crippen molar-refractivity contribution in [1.82, 2.24) is 15.5 Å². The van der Waals surface area contributed by atoms with Crippen LogP contribution in [0.3, 0.4) is 0 Å². The van der Waals surface area contributed by atoms with Gasteiger partial charge in [-0.3, -0.25) is 4.79 Å². The van der Waals surface area contributed by atoms with E-state index in [-0.39, 0.29) is 17.6 Å². The summed E-state index contributed by atoms with van der Waals surface area (Å²) < 4.78 is 5.64. The molecule has 1 atom stereocenters. The molecule has 1 heterocycles. The standard InChI is InChI=1S/C13H21N5O2S2/c1-9(2)13(3,8-14)16-10(19)7-21-12-18-17-11(22-12)15-5-6-20-4/h9H,5-7H2,1-4H3,(H,15,17)(H,16,19)/t13-/m1/s1. The van der Waals surface area contributed by atoms with Crippen molar-refractivity contribution in [3.05, 3.63) is 0 Å². The molecule has 1 aromatic rings. The molecule has 0 aliphatic carbocycles. The highest BCUT2D eigenvalue weighted by Gasteiger charge is 2.29. The Bertz CT molecular complexity index is 529. The molecule has 0 aliphatic heterocycles. The molecule has 0 saturated carbocycles. The summed E-state index contributed by atoms with van der Waals surface area (Å²) in [6, 6.07) is 2.15. The Balaban J connectivity index is 2.43. The van der Waals surface area contributed by atoms with Crippen LogP contribution in [-0.4, -0.2) is 47.7 Å². The number of methoxy groups -OCH3 is 1. The van der Waals surface area contributed by atoms with Gasteiger partial charge in [0.2, 0.25) is 11.0 Å². The van der Waals surface area contributed by atoms with Crippen molar-refractivity contribution in [3.63, 3.8) is 0 Å². The van der Waals surface area contributed by atoms with Gasteiger partial charge in [-0.15, -0.1) is 10.2 Å². The fourth-order valence-corrected chi connectivity index (χ4v) is 2.93. The molecular weight excluding hydrogens is 322 g/mol. The number of thioether (sulfide) groups is 1. The Morgan fingerprint density at radius 2 is 2.27 bits per heavy atom. The van der Waals surface area contributed by atoms with E-state index < -0.39 is 5.54 Å². The van der Waals surface area contributed by atoms with Crippen LogP contribution in [0.4, 0.5) is 5.13 Å². The van der Waals surface area contributed by atoms with E-state index in [2.05, 4.69) is 26.9 Å². The molecule has 0 aliphatic rings. The minimum Gasteiger partial charge on any atom is -0.383 e. The summed E-state index contributed by atoms with van der Waals surface area (Å²) in [7, 11) is 1.63. The number of ether oxygens (including phenoxy) is 1. The van der Waals surface area contributed by atoms with Gasteiger partial charge in [-0.05, 0) is 12.8 Å². The lowest BCUT2D eigenvalue weighted by molar-refractivity contribution is -0.120. The molecule has 1 rings (SSSR count). The molecule has 1 aromatic heterocycles. The van der Waals surface area contributed by atoms with E-state index >= 15 is 0 Å². The smallest absolute Gasteiger partial charge is 0.231 e. The summed E-state index contributed by atoms with van der Waals surface area (Å²) in [6.07, 6.45) is 0. The van der Waals surface area contributed by atoms with Crippen molar-refractivity contribution >= 4 is 34.1 Å².